The van der Waals surface area contributed by atoms with Crippen molar-refractivity contribution < 1.29 is 13.5 Å². The molecule has 0 amide bonds. The first kappa shape index (κ1) is 15.3. The lowest BCUT2D eigenvalue weighted by molar-refractivity contribution is 0.475. The molecule has 20 heavy (non-hydrogen) atoms. The Bertz CT molecular complexity index is 730. The minimum absolute atomic E-state index is 0.0863. The molecular weight excluding hydrogens is 410 g/mol. The van der Waals surface area contributed by atoms with Crippen LogP contribution < -0.4 is 4.31 Å². The Morgan fingerprint density at radius 1 is 1.05 bits per heavy atom. The summed E-state index contributed by atoms with van der Waals surface area (Å²) in [5, 5.41) is 9.26. The van der Waals surface area contributed by atoms with Gasteiger partial charge in [0, 0.05) is 16.0 Å². The smallest absolute Gasteiger partial charge is 0.265 e. The first-order valence-electron chi connectivity index (χ1n) is 5.55. The molecule has 106 valence electrons. The van der Waals surface area contributed by atoms with Crippen LogP contribution in [0.4, 0.5) is 5.69 Å². The molecule has 2 aromatic carbocycles. The number of halogens is 2. The quantitative estimate of drug-likeness (QED) is 0.822. The van der Waals surface area contributed by atoms with Crippen molar-refractivity contribution in [2.45, 2.75) is 4.90 Å². The Balaban J connectivity index is 2.49. The molecule has 0 aliphatic rings. The average molecular weight is 421 g/mol. The molecule has 0 atom stereocenters. The van der Waals surface area contributed by atoms with Gasteiger partial charge in [0.15, 0.2) is 0 Å². The predicted molar refractivity (Wildman–Crippen MR) is 85.5 cm³/mol. The molecule has 0 fully saturated rings. The number of nitrogens with zero attached hydrogens (tertiary/aromatic N) is 1. The molecule has 2 aromatic rings. The maximum absolute atomic E-state index is 12.6. The topological polar surface area (TPSA) is 57.6 Å². The van der Waals surface area contributed by atoms with Crippen LogP contribution in [0.1, 0.15) is 0 Å². The summed E-state index contributed by atoms with van der Waals surface area (Å²) in [4.78, 5) is 0.169. The van der Waals surface area contributed by atoms with Gasteiger partial charge >= 0.3 is 0 Å². The highest BCUT2D eigenvalue weighted by atomic mass is 79.9. The summed E-state index contributed by atoms with van der Waals surface area (Å²) in [6.07, 6.45) is 0. The van der Waals surface area contributed by atoms with Crippen molar-refractivity contribution in [3.63, 3.8) is 0 Å². The number of sulfonamides is 1. The Kier molecular flexibility index (Phi) is 4.41. The lowest BCUT2D eigenvalue weighted by Gasteiger charge is -2.20. The molecule has 7 heteroatoms. The van der Waals surface area contributed by atoms with Gasteiger partial charge < -0.3 is 5.11 Å². The number of benzene rings is 2. The van der Waals surface area contributed by atoms with Gasteiger partial charge in [-0.3, -0.25) is 4.31 Å². The fourth-order valence-corrected chi connectivity index (χ4v) is 4.28. The van der Waals surface area contributed by atoms with Gasteiger partial charge in [-0.1, -0.05) is 15.9 Å². The highest BCUT2D eigenvalue weighted by Crippen LogP contribution is 2.30. The Hall–Kier alpha value is -1.05. The van der Waals surface area contributed by atoms with Crippen molar-refractivity contribution in [3.05, 3.63) is 51.4 Å². The summed E-state index contributed by atoms with van der Waals surface area (Å²) < 4.78 is 27.5. The SMILES string of the molecule is CN(c1ccc(O)cc1)S(=O)(=O)c1cc(Br)ccc1Br. The van der Waals surface area contributed by atoms with Crippen LogP contribution in [0.2, 0.25) is 0 Å². The van der Waals surface area contributed by atoms with Gasteiger partial charge in [0.1, 0.15) is 10.6 Å². The summed E-state index contributed by atoms with van der Waals surface area (Å²) >= 11 is 6.52. The van der Waals surface area contributed by atoms with E-state index in [1.165, 1.54) is 29.6 Å². The molecule has 0 bridgehead atoms. The number of anilines is 1. The van der Waals surface area contributed by atoms with Crippen LogP contribution in [0.3, 0.4) is 0 Å². The van der Waals surface area contributed by atoms with E-state index in [4.69, 9.17) is 0 Å². The van der Waals surface area contributed by atoms with Gasteiger partial charge in [-0.05, 0) is 58.4 Å². The molecule has 0 aliphatic carbocycles. The second-order valence-corrected chi connectivity index (χ2v) is 7.77. The van der Waals surface area contributed by atoms with Crippen LogP contribution in [0.5, 0.6) is 5.75 Å². The Morgan fingerprint density at radius 2 is 1.65 bits per heavy atom. The number of phenols is 1. The zero-order valence-electron chi connectivity index (χ0n) is 10.4. The van der Waals surface area contributed by atoms with E-state index in [2.05, 4.69) is 31.9 Å². The highest BCUT2D eigenvalue weighted by Gasteiger charge is 2.24. The monoisotopic (exact) mass is 419 g/mol. The summed E-state index contributed by atoms with van der Waals surface area (Å²) in [5.74, 6) is 0.0863. The minimum atomic E-state index is -3.68. The van der Waals surface area contributed by atoms with Gasteiger partial charge in [0.05, 0.1) is 5.69 Å². The highest BCUT2D eigenvalue weighted by molar-refractivity contribution is 9.11. The summed E-state index contributed by atoms with van der Waals surface area (Å²) in [5.41, 5.74) is 0.467. The summed E-state index contributed by atoms with van der Waals surface area (Å²) in [6, 6.07) is 10.9. The van der Waals surface area contributed by atoms with Crippen molar-refractivity contribution in [1.29, 1.82) is 0 Å². The lowest BCUT2D eigenvalue weighted by atomic mass is 10.3. The second-order valence-electron chi connectivity index (χ2n) is 4.06. The van der Waals surface area contributed by atoms with Crippen LogP contribution in [-0.4, -0.2) is 20.6 Å². The van der Waals surface area contributed by atoms with Crippen LogP contribution >= 0.6 is 31.9 Å². The average Bonchev–Trinajstić information content (AvgIpc) is 2.41. The number of phenolic OH excluding ortho intramolecular Hbond substituents is 1. The van der Waals surface area contributed by atoms with E-state index in [0.717, 1.165) is 0 Å². The Morgan fingerprint density at radius 3 is 2.25 bits per heavy atom. The standard InChI is InChI=1S/C13H11Br2NO3S/c1-16(10-3-5-11(17)6-4-10)20(18,19)13-8-9(14)2-7-12(13)15/h2-8,17H,1H3. The minimum Gasteiger partial charge on any atom is -0.508 e. The van der Waals surface area contributed by atoms with E-state index < -0.39 is 10.0 Å². The van der Waals surface area contributed by atoms with Crippen molar-refractivity contribution in [2.75, 3.05) is 11.4 Å². The zero-order chi connectivity index (χ0) is 14.9. The molecule has 0 saturated carbocycles. The molecule has 0 saturated heterocycles. The maximum atomic E-state index is 12.6. The van der Waals surface area contributed by atoms with E-state index >= 15 is 0 Å². The van der Waals surface area contributed by atoms with Gasteiger partial charge in [-0.2, -0.15) is 0 Å². The fourth-order valence-electron chi connectivity index (χ4n) is 1.62. The molecule has 1 N–H and O–H groups in total. The first-order chi connectivity index (χ1) is 9.32. The van der Waals surface area contributed by atoms with E-state index in [-0.39, 0.29) is 10.6 Å². The molecule has 0 aromatic heterocycles. The molecular formula is C13H11Br2NO3S. The normalized spacial score (nSPS) is 11.3. The molecule has 2 rings (SSSR count). The van der Waals surface area contributed by atoms with Crippen LogP contribution in [-0.2, 0) is 10.0 Å². The number of aromatic hydroxyl groups is 1. The van der Waals surface area contributed by atoms with Crippen LogP contribution in [0, 0.1) is 0 Å². The second kappa shape index (κ2) is 5.75. The van der Waals surface area contributed by atoms with Crippen molar-refractivity contribution in [1.82, 2.24) is 0 Å². The molecule has 0 unspecified atom stereocenters. The van der Waals surface area contributed by atoms with E-state index in [1.54, 1.807) is 24.3 Å². The summed E-state index contributed by atoms with van der Waals surface area (Å²) in [7, 11) is -2.22. The predicted octanol–water partition coefficient (Wildman–Crippen LogP) is 3.74. The molecule has 0 spiro atoms. The number of hydrogen-bond donors (Lipinski definition) is 1. The van der Waals surface area contributed by atoms with Gasteiger partial charge in [-0.25, -0.2) is 8.42 Å². The lowest BCUT2D eigenvalue weighted by Crippen LogP contribution is -2.26. The first-order valence-corrected chi connectivity index (χ1v) is 8.58. The third-order valence-corrected chi connectivity index (χ3v) is 6.02. The van der Waals surface area contributed by atoms with Crippen LogP contribution in [0.25, 0.3) is 0 Å². The van der Waals surface area contributed by atoms with Crippen molar-refractivity contribution >= 4 is 47.6 Å². The molecule has 4 nitrogen and oxygen atoms in total. The van der Waals surface area contributed by atoms with Crippen LogP contribution in [0.15, 0.2) is 56.3 Å². The Labute approximate surface area is 134 Å². The van der Waals surface area contributed by atoms with E-state index in [1.807, 2.05) is 0 Å². The van der Waals surface area contributed by atoms with Crippen molar-refractivity contribution in [3.8, 4) is 5.75 Å². The summed E-state index contributed by atoms with van der Waals surface area (Å²) in [6.45, 7) is 0. The largest absolute Gasteiger partial charge is 0.508 e. The van der Waals surface area contributed by atoms with Gasteiger partial charge in [-0.15, -0.1) is 0 Å². The molecule has 0 aliphatic heterocycles. The third kappa shape index (κ3) is 2.99. The van der Waals surface area contributed by atoms with E-state index in [9.17, 15) is 13.5 Å². The zero-order valence-corrected chi connectivity index (χ0v) is 14.4. The maximum Gasteiger partial charge on any atom is 0.265 e. The number of hydrogen-bond acceptors (Lipinski definition) is 3. The fraction of sp³-hybridized carbons (Fsp3) is 0.0769. The van der Waals surface area contributed by atoms with Crippen molar-refractivity contribution in [2.24, 2.45) is 0 Å². The number of rotatable bonds is 3. The van der Waals surface area contributed by atoms with Gasteiger partial charge in [0.2, 0.25) is 0 Å². The van der Waals surface area contributed by atoms with Gasteiger partial charge in [0.25, 0.3) is 10.0 Å². The molecule has 0 heterocycles. The van der Waals surface area contributed by atoms with E-state index in [0.29, 0.717) is 14.6 Å². The molecule has 0 radical (unpaired) electrons. The third-order valence-electron chi connectivity index (χ3n) is 2.75.